The molecule has 1 aromatic heterocycles. The fraction of sp³-hybridized carbons (Fsp3) is 0.217. The predicted molar refractivity (Wildman–Crippen MR) is 114 cm³/mol. The van der Waals surface area contributed by atoms with Crippen molar-refractivity contribution in [3.8, 4) is 6.07 Å². The molecule has 1 aliphatic heterocycles. The van der Waals surface area contributed by atoms with Crippen LogP contribution >= 0.6 is 11.8 Å². The molecule has 2 unspecified atom stereocenters. The van der Waals surface area contributed by atoms with E-state index in [1.807, 2.05) is 30.0 Å². The fourth-order valence-electron chi connectivity index (χ4n) is 4.17. The van der Waals surface area contributed by atoms with E-state index in [1.165, 1.54) is 16.0 Å². The van der Waals surface area contributed by atoms with Crippen molar-refractivity contribution in [2.45, 2.75) is 29.9 Å². The van der Waals surface area contributed by atoms with Gasteiger partial charge in [-0.05, 0) is 59.4 Å². The second-order valence-corrected chi connectivity index (χ2v) is 8.51. The van der Waals surface area contributed by atoms with E-state index in [4.69, 9.17) is 10.2 Å². The summed E-state index contributed by atoms with van der Waals surface area (Å²) in [4.78, 5) is 17.3. The third kappa shape index (κ3) is 2.56. The second kappa shape index (κ2) is 6.57. The highest BCUT2D eigenvalue weighted by Gasteiger charge is 2.36. The smallest absolute Gasteiger partial charge is 0.110 e. The van der Waals surface area contributed by atoms with Crippen molar-refractivity contribution in [3.05, 3.63) is 70.3 Å². The minimum absolute atomic E-state index is 0.379. The van der Waals surface area contributed by atoms with Gasteiger partial charge < -0.3 is 0 Å². The molecule has 4 nitrogen and oxygen atoms in total. The summed E-state index contributed by atoms with van der Waals surface area (Å²) in [7, 11) is 0. The molecule has 5 rings (SSSR count). The molecule has 28 heavy (non-hydrogen) atoms. The molecule has 0 amide bonds. The lowest BCUT2D eigenvalue weighted by Gasteiger charge is -2.21. The van der Waals surface area contributed by atoms with Crippen molar-refractivity contribution < 1.29 is 0 Å². The minimum Gasteiger partial charge on any atom is -0.247 e. The maximum Gasteiger partial charge on any atom is 0.110 e. The van der Waals surface area contributed by atoms with Crippen molar-refractivity contribution in [2.75, 3.05) is 0 Å². The number of pyridine rings is 1. The number of nitroso groups, excluding NO2 is 1. The van der Waals surface area contributed by atoms with E-state index in [0.29, 0.717) is 16.9 Å². The Labute approximate surface area is 167 Å². The highest BCUT2D eigenvalue weighted by Crippen LogP contribution is 2.54. The van der Waals surface area contributed by atoms with Gasteiger partial charge in [-0.2, -0.15) is 5.26 Å². The summed E-state index contributed by atoms with van der Waals surface area (Å²) in [5.41, 5.74) is 6.65. The molecule has 0 saturated carbocycles. The fourth-order valence-corrected chi connectivity index (χ4v) is 5.68. The highest BCUT2D eigenvalue weighted by molar-refractivity contribution is 8.01. The van der Waals surface area contributed by atoms with Crippen molar-refractivity contribution >= 4 is 39.5 Å². The molecule has 3 aliphatic rings. The maximum atomic E-state index is 11.0. The normalized spacial score (nSPS) is 22.6. The summed E-state index contributed by atoms with van der Waals surface area (Å²) < 4.78 is 0. The molecular weight excluding hydrogens is 366 g/mol. The van der Waals surface area contributed by atoms with Crippen LogP contribution in [0.3, 0.4) is 0 Å². The number of allylic oxidation sites excluding steroid dienone is 7. The van der Waals surface area contributed by atoms with Gasteiger partial charge in [0.2, 0.25) is 0 Å². The number of thioether (sulfide) groups is 1. The van der Waals surface area contributed by atoms with Crippen molar-refractivity contribution in [1.82, 2.24) is 4.98 Å². The average Bonchev–Trinajstić information content (AvgIpc) is 3.14. The Bertz CT molecular complexity index is 1200. The third-order valence-electron chi connectivity index (χ3n) is 5.63. The first-order chi connectivity index (χ1) is 13.7. The van der Waals surface area contributed by atoms with E-state index in [2.05, 4.69) is 36.4 Å². The molecule has 136 valence electrons. The molecule has 5 heteroatoms. The van der Waals surface area contributed by atoms with Crippen LogP contribution in [0.5, 0.6) is 0 Å². The Balaban J connectivity index is 1.79. The first-order valence-electron chi connectivity index (χ1n) is 9.36. The second-order valence-electron chi connectivity index (χ2n) is 7.36. The van der Waals surface area contributed by atoms with Crippen molar-refractivity contribution in [1.29, 1.82) is 5.26 Å². The number of aromatic nitrogens is 1. The number of fused-ring (bicyclic) bond motifs is 5. The predicted octanol–water partition coefficient (Wildman–Crippen LogP) is 6.32. The number of benzene rings is 1. The Kier molecular flexibility index (Phi) is 4.03. The maximum absolute atomic E-state index is 11.0. The molecule has 1 aromatic carbocycles. The molecule has 2 heterocycles. The molecule has 0 N–H and O–H groups in total. The molecule has 0 saturated heterocycles. The van der Waals surface area contributed by atoms with Crippen LogP contribution in [0, 0.1) is 22.2 Å². The van der Waals surface area contributed by atoms with Crippen LogP contribution in [0.15, 0.2) is 64.2 Å². The molecule has 2 aliphatic carbocycles. The standard InChI is InChI=1S/C23H17N3OS/c1-13-3-2-4-18-20-21(15-7-5-14(12-24)6-8-15)25-19-11-16(26-27)9-10-17(19)23(20)28-22(13)18/h2-5,7,9-11,13,22H,6,8H2,1H3. The summed E-state index contributed by atoms with van der Waals surface area (Å²) in [6.07, 6.45) is 12.1. The van der Waals surface area contributed by atoms with Gasteiger partial charge in [0.25, 0.3) is 0 Å². The van der Waals surface area contributed by atoms with Gasteiger partial charge in [-0.3, -0.25) is 0 Å². The van der Waals surface area contributed by atoms with E-state index in [1.54, 1.807) is 12.1 Å². The minimum atomic E-state index is 0.379. The van der Waals surface area contributed by atoms with Crippen molar-refractivity contribution in [3.63, 3.8) is 0 Å². The zero-order valence-electron chi connectivity index (χ0n) is 15.3. The molecular formula is C23H17N3OS. The van der Waals surface area contributed by atoms with Crippen LogP contribution in [0.25, 0.3) is 22.0 Å². The van der Waals surface area contributed by atoms with E-state index in [9.17, 15) is 4.91 Å². The van der Waals surface area contributed by atoms with Crippen molar-refractivity contribution in [2.24, 2.45) is 11.1 Å². The zero-order valence-corrected chi connectivity index (χ0v) is 16.2. The zero-order chi connectivity index (χ0) is 19.3. The number of hydrogen-bond acceptors (Lipinski definition) is 5. The largest absolute Gasteiger partial charge is 0.247 e. The van der Waals surface area contributed by atoms with Crippen LogP contribution in [-0.4, -0.2) is 10.2 Å². The first-order valence-corrected chi connectivity index (χ1v) is 10.2. The van der Waals surface area contributed by atoms with Gasteiger partial charge in [-0.15, -0.1) is 16.7 Å². The van der Waals surface area contributed by atoms with E-state index in [-0.39, 0.29) is 0 Å². The van der Waals surface area contributed by atoms with Crippen LogP contribution in [-0.2, 0) is 0 Å². The van der Waals surface area contributed by atoms with Crippen LogP contribution < -0.4 is 0 Å². The van der Waals surface area contributed by atoms with Crippen LogP contribution in [0.2, 0.25) is 0 Å². The van der Waals surface area contributed by atoms with Crippen LogP contribution in [0.1, 0.15) is 31.0 Å². The van der Waals surface area contributed by atoms with Gasteiger partial charge in [0.15, 0.2) is 0 Å². The lowest BCUT2D eigenvalue weighted by atomic mass is 9.86. The highest BCUT2D eigenvalue weighted by atomic mass is 32.2. The molecule has 0 spiro atoms. The molecule has 2 aromatic rings. The Morgan fingerprint density at radius 1 is 1.25 bits per heavy atom. The van der Waals surface area contributed by atoms with Gasteiger partial charge in [-0.1, -0.05) is 31.2 Å². The number of nitrogens with zero attached hydrogens (tertiary/aromatic N) is 3. The molecule has 0 bridgehead atoms. The van der Waals surface area contributed by atoms with Crippen LogP contribution in [0.4, 0.5) is 5.69 Å². The summed E-state index contributed by atoms with van der Waals surface area (Å²) in [6, 6.07) is 7.74. The Hall–Kier alpha value is -2.97. The number of hydrogen-bond donors (Lipinski definition) is 0. The summed E-state index contributed by atoms with van der Waals surface area (Å²) in [5.74, 6) is 0.446. The first kappa shape index (κ1) is 17.2. The Morgan fingerprint density at radius 3 is 2.89 bits per heavy atom. The average molecular weight is 383 g/mol. The molecule has 0 fully saturated rings. The topological polar surface area (TPSA) is 66.1 Å². The van der Waals surface area contributed by atoms with Gasteiger partial charge >= 0.3 is 0 Å². The lowest BCUT2D eigenvalue weighted by molar-refractivity contribution is 0.769. The quantitative estimate of drug-likeness (QED) is 0.569. The van der Waals surface area contributed by atoms with E-state index in [0.717, 1.165) is 40.6 Å². The van der Waals surface area contributed by atoms with Gasteiger partial charge in [-0.25, -0.2) is 4.98 Å². The Morgan fingerprint density at radius 2 is 2.14 bits per heavy atom. The van der Waals surface area contributed by atoms with Gasteiger partial charge in [0, 0.05) is 26.7 Å². The molecule has 2 atom stereocenters. The van der Waals surface area contributed by atoms with E-state index >= 15 is 0 Å². The van der Waals surface area contributed by atoms with E-state index < -0.39 is 0 Å². The summed E-state index contributed by atoms with van der Waals surface area (Å²) in [5, 5.41) is 13.7. The lowest BCUT2D eigenvalue weighted by Crippen LogP contribution is -2.13. The summed E-state index contributed by atoms with van der Waals surface area (Å²) >= 11 is 1.89. The third-order valence-corrected chi connectivity index (χ3v) is 7.23. The van der Waals surface area contributed by atoms with Gasteiger partial charge in [0.1, 0.15) is 5.69 Å². The number of nitriles is 1. The number of rotatable bonds is 2. The summed E-state index contributed by atoms with van der Waals surface area (Å²) in [6.45, 7) is 2.25. The van der Waals surface area contributed by atoms with Gasteiger partial charge in [0.05, 0.1) is 17.3 Å². The molecule has 0 radical (unpaired) electrons. The SMILES string of the molecule is CC1C=CC=C2c3c(C4=CC=C(C#N)CC4)nc4cc(N=O)ccc4c3SC21. The monoisotopic (exact) mass is 383 g/mol.